The van der Waals surface area contributed by atoms with Crippen LogP contribution in [0.2, 0.25) is 0 Å². The summed E-state index contributed by atoms with van der Waals surface area (Å²) in [6, 6.07) is 8.68. The Kier molecular flexibility index (Phi) is 4.28. The molecule has 0 amide bonds. The van der Waals surface area contributed by atoms with Crippen LogP contribution in [0.5, 0.6) is 0 Å². The number of hydrogen-bond acceptors (Lipinski definition) is 3. The lowest BCUT2D eigenvalue weighted by Crippen LogP contribution is -2.53. The summed E-state index contributed by atoms with van der Waals surface area (Å²) >= 11 is 0. The molecule has 0 aromatic heterocycles. The standard InChI is InChI=1S/C20H29NO2/c1-13-10-14(2)20(11-22)12-23-19(18(13)15(20)3)16-6-8-17(9-7-16)21(4)5/h6-10,14-15,18-19,22H,11-12H2,1-5H3/t14-,15+,18-,19-,20-/m1/s1. The van der Waals surface area contributed by atoms with Crippen molar-refractivity contribution in [3.05, 3.63) is 41.5 Å². The highest BCUT2D eigenvalue weighted by Crippen LogP contribution is 2.55. The molecular weight excluding hydrogens is 286 g/mol. The Labute approximate surface area is 140 Å². The molecule has 2 aliphatic rings. The van der Waals surface area contributed by atoms with E-state index in [9.17, 15) is 5.11 Å². The molecule has 3 rings (SSSR count). The van der Waals surface area contributed by atoms with E-state index in [1.807, 2.05) is 0 Å². The molecule has 0 unspecified atom stereocenters. The van der Waals surface area contributed by atoms with Crippen molar-refractivity contribution in [2.45, 2.75) is 26.9 Å². The second-order valence-electron chi connectivity index (χ2n) is 7.62. The average Bonchev–Trinajstić information content (AvgIpc) is 2.53. The maximum atomic E-state index is 10.1. The summed E-state index contributed by atoms with van der Waals surface area (Å²) in [6.07, 6.45) is 2.44. The van der Waals surface area contributed by atoms with Crippen molar-refractivity contribution in [1.29, 1.82) is 0 Å². The normalized spacial score (nSPS) is 36.5. The van der Waals surface area contributed by atoms with E-state index < -0.39 is 0 Å². The first-order valence-electron chi connectivity index (χ1n) is 8.59. The number of aliphatic hydroxyl groups is 1. The first kappa shape index (κ1) is 16.5. The fourth-order valence-corrected chi connectivity index (χ4v) is 4.55. The van der Waals surface area contributed by atoms with E-state index in [0.717, 1.165) is 0 Å². The highest BCUT2D eigenvalue weighted by atomic mass is 16.5. The minimum absolute atomic E-state index is 0.0876. The van der Waals surface area contributed by atoms with Gasteiger partial charge in [-0.15, -0.1) is 0 Å². The van der Waals surface area contributed by atoms with Crippen LogP contribution in [-0.2, 0) is 4.74 Å². The molecule has 1 N–H and O–H groups in total. The zero-order chi connectivity index (χ0) is 16.8. The van der Waals surface area contributed by atoms with Crippen LogP contribution in [0.1, 0.15) is 32.4 Å². The summed E-state index contributed by atoms with van der Waals surface area (Å²) in [7, 11) is 4.11. The van der Waals surface area contributed by atoms with Gasteiger partial charge in [0.2, 0.25) is 0 Å². The zero-order valence-electron chi connectivity index (χ0n) is 14.9. The quantitative estimate of drug-likeness (QED) is 0.864. The van der Waals surface area contributed by atoms with E-state index in [0.29, 0.717) is 24.4 Å². The van der Waals surface area contributed by atoms with Gasteiger partial charge < -0.3 is 14.7 Å². The number of rotatable bonds is 3. The molecule has 1 aromatic carbocycles. The SMILES string of the molecule is CC1=C[C@@H](C)[C@@]2(CO)CO[C@H](c3ccc(N(C)C)cc3)[C@H]1[C@@H]2C. The first-order valence-corrected chi connectivity index (χ1v) is 8.59. The van der Waals surface area contributed by atoms with Crippen LogP contribution in [0.4, 0.5) is 5.69 Å². The second kappa shape index (κ2) is 5.95. The van der Waals surface area contributed by atoms with Crippen molar-refractivity contribution in [3.63, 3.8) is 0 Å². The number of aliphatic hydroxyl groups excluding tert-OH is 1. The van der Waals surface area contributed by atoms with Crippen LogP contribution in [0.3, 0.4) is 0 Å². The third-order valence-corrected chi connectivity index (χ3v) is 6.28. The molecule has 3 nitrogen and oxygen atoms in total. The lowest BCUT2D eigenvalue weighted by molar-refractivity contribution is -0.165. The number of ether oxygens (including phenoxy) is 1. The van der Waals surface area contributed by atoms with Crippen LogP contribution in [0, 0.1) is 23.2 Å². The number of benzene rings is 1. The van der Waals surface area contributed by atoms with Gasteiger partial charge in [-0.2, -0.15) is 0 Å². The molecular formula is C20H29NO2. The predicted octanol–water partition coefficient (Wildman–Crippen LogP) is 3.65. The van der Waals surface area contributed by atoms with Gasteiger partial charge in [0.05, 0.1) is 19.3 Å². The summed E-state index contributed by atoms with van der Waals surface area (Å²) < 4.78 is 6.32. The van der Waals surface area contributed by atoms with Crippen LogP contribution < -0.4 is 4.90 Å². The van der Waals surface area contributed by atoms with Crippen LogP contribution in [-0.4, -0.2) is 32.4 Å². The summed E-state index contributed by atoms with van der Waals surface area (Å²) in [6.45, 7) is 7.54. The average molecular weight is 315 g/mol. The third kappa shape index (κ3) is 2.50. The third-order valence-electron chi connectivity index (χ3n) is 6.28. The van der Waals surface area contributed by atoms with Gasteiger partial charge in [0.1, 0.15) is 0 Å². The number of hydrogen-bond donors (Lipinski definition) is 1. The molecule has 1 heterocycles. The predicted molar refractivity (Wildman–Crippen MR) is 94.6 cm³/mol. The largest absolute Gasteiger partial charge is 0.396 e. The van der Waals surface area contributed by atoms with Gasteiger partial charge in [-0.3, -0.25) is 0 Å². The maximum absolute atomic E-state index is 10.1. The lowest BCUT2D eigenvalue weighted by atomic mass is 9.56. The molecule has 1 aromatic rings. The van der Waals surface area contributed by atoms with Gasteiger partial charge in [0.15, 0.2) is 0 Å². The van der Waals surface area contributed by atoms with Crippen LogP contribution in [0.15, 0.2) is 35.9 Å². The second-order valence-corrected chi connectivity index (χ2v) is 7.62. The van der Waals surface area contributed by atoms with Gasteiger partial charge in [0, 0.05) is 31.1 Å². The number of anilines is 1. The monoisotopic (exact) mass is 315 g/mol. The fourth-order valence-electron chi connectivity index (χ4n) is 4.55. The van der Waals surface area contributed by atoms with Gasteiger partial charge in [-0.1, -0.05) is 37.6 Å². The van der Waals surface area contributed by atoms with E-state index in [1.165, 1.54) is 16.8 Å². The summed E-state index contributed by atoms with van der Waals surface area (Å²) in [5, 5.41) is 10.1. The van der Waals surface area contributed by atoms with Gasteiger partial charge in [-0.25, -0.2) is 0 Å². The molecule has 1 fully saturated rings. The zero-order valence-corrected chi connectivity index (χ0v) is 14.9. The van der Waals surface area contributed by atoms with Crippen LogP contribution >= 0.6 is 0 Å². The van der Waals surface area contributed by atoms with Crippen molar-refractivity contribution in [2.75, 3.05) is 32.2 Å². The van der Waals surface area contributed by atoms with Gasteiger partial charge >= 0.3 is 0 Å². The molecule has 2 bridgehead atoms. The number of allylic oxidation sites excluding steroid dienone is 1. The van der Waals surface area contributed by atoms with Crippen molar-refractivity contribution < 1.29 is 9.84 Å². The molecule has 1 saturated heterocycles. The highest BCUT2D eigenvalue weighted by Gasteiger charge is 2.53. The smallest absolute Gasteiger partial charge is 0.0893 e. The fraction of sp³-hybridized carbons (Fsp3) is 0.600. The Morgan fingerprint density at radius 1 is 1.22 bits per heavy atom. The Morgan fingerprint density at radius 2 is 1.87 bits per heavy atom. The summed E-state index contributed by atoms with van der Waals surface area (Å²) in [4.78, 5) is 2.11. The molecule has 1 aliphatic carbocycles. The Hall–Kier alpha value is -1.32. The maximum Gasteiger partial charge on any atom is 0.0893 e. The Balaban J connectivity index is 1.95. The summed E-state index contributed by atoms with van der Waals surface area (Å²) in [5.74, 6) is 1.12. The van der Waals surface area contributed by atoms with Gasteiger partial charge in [0.25, 0.3) is 0 Å². The molecule has 1 aliphatic heterocycles. The first-order chi connectivity index (χ1) is 10.9. The van der Waals surface area contributed by atoms with E-state index in [2.05, 4.69) is 70.1 Å². The number of nitrogens with zero attached hydrogens (tertiary/aromatic N) is 1. The van der Waals surface area contributed by atoms with Crippen LogP contribution in [0.25, 0.3) is 0 Å². The van der Waals surface area contributed by atoms with E-state index >= 15 is 0 Å². The minimum atomic E-state index is -0.135. The Morgan fingerprint density at radius 3 is 2.43 bits per heavy atom. The summed E-state index contributed by atoms with van der Waals surface area (Å²) in [5.41, 5.74) is 3.70. The molecule has 3 heteroatoms. The molecule has 23 heavy (non-hydrogen) atoms. The van der Waals surface area contributed by atoms with E-state index in [-0.39, 0.29) is 18.1 Å². The van der Waals surface area contributed by atoms with Crippen molar-refractivity contribution in [1.82, 2.24) is 0 Å². The molecule has 126 valence electrons. The Bertz CT molecular complexity index is 592. The van der Waals surface area contributed by atoms with Crippen molar-refractivity contribution >= 4 is 5.69 Å². The van der Waals surface area contributed by atoms with Crippen molar-refractivity contribution in [2.24, 2.45) is 23.2 Å². The van der Waals surface area contributed by atoms with Crippen molar-refractivity contribution in [3.8, 4) is 0 Å². The minimum Gasteiger partial charge on any atom is -0.396 e. The molecule has 0 radical (unpaired) electrons. The highest BCUT2D eigenvalue weighted by molar-refractivity contribution is 5.46. The molecule has 0 spiro atoms. The lowest BCUT2D eigenvalue weighted by Gasteiger charge is -2.55. The van der Waals surface area contributed by atoms with E-state index in [4.69, 9.17) is 4.74 Å². The molecule has 5 atom stereocenters. The van der Waals surface area contributed by atoms with E-state index in [1.54, 1.807) is 0 Å². The topological polar surface area (TPSA) is 32.7 Å². The number of fused-ring (bicyclic) bond motifs is 2. The molecule has 0 saturated carbocycles. The van der Waals surface area contributed by atoms with Gasteiger partial charge in [-0.05, 0) is 36.5 Å².